The van der Waals surface area contributed by atoms with E-state index in [0.29, 0.717) is 6.42 Å². The predicted octanol–water partition coefficient (Wildman–Crippen LogP) is 3.11. The molecule has 0 N–H and O–H groups in total. The second-order valence-electron chi connectivity index (χ2n) is 3.55. The van der Waals surface area contributed by atoms with Crippen molar-refractivity contribution in [2.75, 3.05) is 6.61 Å². The molecule has 17 heavy (non-hydrogen) atoms. The van der Waals surface area contributed by atoms with Gasteiger partial charge in [0.1, 0.15) is 6.61 Å². The third kappa shape index (κ3) is 5.38. The first-order valence-corrected chi connectivity index (χ1v) is 4.77. The Morgan fingerprint density at radius 3 is 1.82 bits per heavy atom. The van der Waals surface area contributed by atoms with E-state index in [2.05, 4.69) is 4.74 Å². The van der Waals surface area contributed by atoms with Crippen molar-refractivity contribution in [1.82, 2.24) is 0 Å². The van der Waals surface area contributed by atoms with E-state index in [1.807, 2.05) is 0 Å². The number of halogens is 6. The number of hydrogen-bond acceptors (Lipinski definition) is 2. The first kappa shape index (κ1) is 16.2. The van der Waals surface area contributed by atoms with Crippen LogP contribution >= 0.6 is 0 Å². The minimum absolute atomic E-state index is 0.324. The highest BCUT2D eigenvalue weighted by atomic mass is 19.4. The van der Waals surface area contributed by atoms with Crippen molar-refractivity contribution in [3.63, 3.8) is 0 Å². The maximum atomic E-state index is 12.0. The minimum Gasteiger partial charge on any atom is -0.353 e. The molecule has 0 bridgehead atoms. The van der Waals surface area contributed by atoms with Gasteiger partial charge in [-0.05, 0) is 6.42 Å². The quantitative estimate of drug-likeness (QED) is 0.715. The lowest BCUT2D eigenvalue weighted by atomic mass is 10.0. The molecule has 0 radical (unpaired) electrons. The van der Waals surface area contributed by atoms with Crippen molar-refractivity contribution in [3.8, 4) is 0 Å². The molecule has 0 aromatic carbocycles. The van der Waals surface area contributed by atoms with Crippen molar-refractivity contribution in [3.05, 3.63) is 0 Å². The predicted molar refractivity (Wildman–Crippen MR) is 46.3 cm³/mol. The molecule has 0 saturated heterocycles. The van der Waals surface area contributed by atoms with Crippen LogP contribution in [0.3, 0.4) is 0 Å². The highest BCUT2D eigenvalue weighted by Gasteiger charge is 2.58. The van der Waals surface area contributed by atoms with Gasteiger partial charge < -0.3 is 4.74 Å². The molecule has 0 aliphatic carbocycles. The molecule has 1 atom stereocenters. The lowest BCUT2D eigenvalue weighted by Gasteiger charge is -2.23. The molecule has 1 unspecified atom stereocenters. The Kier molecular flexibility index (Phi) is 5.44. The van der Waals surface area contributed by atoms with Crippen LogP contribution in [-0.4, -0.2) is 30.8 Å². The van der Waals surface area contributed by atoms with Crippen LogP contribution in [0.15, 0.2) is 0 Å². The molecule has 8 heteroatoms. The molecule has 0 aliphatic heterocycles. The van der Waals surface area contributed by atoms with Gasteiger partial charge in [-0.25, -0.2) is 0 Å². The zero-order valence-electron chi connectivity index (χ0n) is 9.15. The fourth-order valence-electron chi connectivity index (χ4n) is 0.910. The summed E-state index contributed by atoms with van der Waals surface area (Å²) in [4.78, 5) is 11.1. The van der Waals surface area contributed by atoms with Gasteiger partial charge in [-0.15, -0.1) is 0 Å². The molecule has 0 rings (SSSR count). The molecule has 0 spiro atoms. The van der Waals surface area contributed by atoms with Gasteiger partial charge in [-0.2, -0.15) is 26.3 Å². The molecule has 0 heterocycles. The van der Waals surface area contributed by atoms with Gasteiger partial charge in [-0.3, -0.25) is 4.79 Å². The molecule has 2 nitrogen and oxygen atoms in total. The largest absolute Gasteiger partial charge is 0.423 e. The van der Waals surface area contributed by atoms with E-state index in [4.69, 9.17) is 0 Å². The summed E-state index contributed by atoms with van der Waals surface area (Å²) < 4.78 is 75.6. The summed E-state index contributed by atoms with van der Waals surface area (Å²) in [5.74, 6) is -1.41. The maximum absolute atomic E-state index is 12.0. The molecule has 0 amide bonds. The van der Waals surface area contributed by atoms with Crippen molar-refractivity contribution in [2.45, 2.75) is 38.7 Å². The second-order valence-corrected chi connectivity index (χ2v) is 3.55. The van der Waals surface area contributed by atoms with Crippen molar-refractivity contribution >= 4 is 5.78 Å². The fourth-order valence-corrected chi connectivity index (χ4v) is 0.910. The summed E-state index contributed by atoms with van der Waals surface area (Å²) in [6, 6.07) is 0. The summed E-state index contributed by atoms with van der Waals surface area (Å²) in [5, 5.41) is 0. The number of rotatable bonds is 5. The van der Waals surface area contributed by atoms with Gasteiger partial charge in [0.05, 0.1) is 0 Å². The Labute approximate surface area is 93.9 Å². The number of ketones is 1. The van der Waals surface area contributed by atoms with Crippen LogP contribution in [0.4, 0.5) is 26.3 Å². The van der Waals surface area contributed by atoms with E-state index in [-0.39, 0.29) is 0 Å². The van der Waals surface area contributed by atoms with E-state index >= 15 is 0 Å². The van der Waals surface area contributed by atoms with Crippen LogP contribution in [-0.2, 0) is 9.53 Å². The molecular formula is C9H12F6O2. The summed E-state index contributed by atoms with van der Waals surface area (Å²) in [6.45, 7) is 1.80. The smallest absolute Gasteiger partial charge is 0.353 e. The number of hydrogen-bond donors (Lipinski definition) is 0. The van der Waals surface area contributed by atoms with E-state index in [1.165, 1.54) is 6.92 Å². The first-order valence-electron chi connectivity index (χ1n) is 4.77. The Balaban J connectivity index is 4.55. The lowest BCUT2D eigenvalue weighted by Crippen LogP contribution is -2.45. The van der Waals surface area contributed by atoms with Gasteiger partial charge in [0.25, 0.3) is 0 Å². The molecule has 0 fully saturated rings. The van der Waals surface area contributed by atoms with Gasteiger partial charge in [-0.1, -0.05) is 13.8 Å². The topological polar surface area (TPSA) is 26.3 Å². The van der Waals surface area contributed by atoms with Gasteiger partial charge in [0.15, 0.2) is 5.78 Å². The van der Waals surface area contributed by atoms with Crippen LogP contribution in [0, 0.1) is 5.92 Å². The van der Waals surface area contributed by atoms with Gasteiger partial charge in [0.2, 0.25) is 6.10 Å². The highest BCUT2D eigenvalue weighted by molar-refractivity contribution is 5.81. The summed E-state index contributed by atoms with van der Waals surface area (Å²) >= 11 is 0. The molecule has 0 aliphatic rings. The maximum Gasteiger partial charge on any atom is 0.423 e. The van der Waals surface area contributed by atoms with Crippen LogP contribution in [0.2, 0.25) is 0 Å². The Bertz CT molecular complexity index is 243. The average Bonchev–Trinajstić information content (AvgIpc) is 2.12. The zero-order valence-corrected chi connectivity index (χ0v) is 9.15. The summed E-state index contributed by atoms with van der Waals surface area (Å²) in [5.41, 5.74) is 0. The van der Waals surface area contributed by atoms with Crippen LogP contribution in [0.25, 0.3) is 0 Å². The third-order valence-corrected chi connectivity index (χ3v) is 2.15. The monoisotopic (exact) mass is 266 g/mol. The normalized spacial score (nSPS) is 15.1. The summed E-state index contributed by atoms with van der Waals surface area (Å²) in [7, 11) is 0. The molecule has 0 saturated carbocycles. The average molecular weight is 266 g/mol. The lowest BCUT2D eigenvalue weighted by molar-refractivity contribution is -0.319. The number of ether oxygens (including phenoxy) is 1. The van der Waals surface area contributed by atoms with Gasteiger partial charge in [0, 0.05) is 5.92 Å². The van der Waals surface area contributed by atoms with Crippen LogP contribution < -0.4 is 0 Å². The summed E-state index contributed by atoms with van der Waals surface area (Å²) in [6.07, 6.45) is -14.7. The van der Waals surface area contributed by atoms with E-state index in [0.717, 1.165) is 0 Å². The van der Waals surface area contributed by atoms with Crippen molar-refractivity contribution < 1.29 is 35.9 Å². The highest BCUT2D eigenvalue weighted by Crippen LogP contribution is 2.35. The second kappa shape index (κ2) is 5.70. The number of alkyl halides is 6. The van der Waals surface area contributed by atoms with Crippen molar-refractivity contribution in [2.24, 2.45) is 5.92 Å². The molecule has 0 aromatic rings. The number of carbonyl (C=O) groups is 1. The third-order valence-electron chi connectivity index (χ3n) is 2.15. The molecule has 0 aromatic heterocycles. The Hall–Kier alpha value is -0.790. The zero-order chi connectivity index (χ0) is 13.9. The van der Waals surface area contributed by atoms with E-state index < -0.39 is 36.8 Å². The molecular weight excluding hydrogens is 254 g/mol. The standard InChI is InChI=1S/C9H12F6O2/c1-3-5(2)6(16)4-17-7(8(10,11)12)9(13,14)15/h5,7H,3-4H2,1-2H3. The SMILES string of the molecule is CCC(C)C(=O)COC(C(F)(F)F)C(F)(F)F. The van der Waals surface area contributed by atoms with E-state index in [1.54, 1.807) is 6.92 Å². The van der Waals surface area contributed by atoms with Crippen LogP contribution in [0.5, 0.6) is 0 Å². The van der Waals surface area contributed by atoms with E-state index in [9.17, 15) is 31.1 Å². The number of carbonyl (C=O) groups excluding carboxylic acids is 1. The fraction of sp³-hybridized carbons (Fsp3) is 0.889. The van der Waals surface area contributed by atoms with Gasteiger partial charge >= 0.3 is 12.4 Å². The first-order chi connectivity index (χ1) is 7.50. The Morgan fingerprint density at radius 2 is 1.53 bits per heavy atom. The number of Topliss-reactive ketones (excluding diaryl/α,β-unsaturated/α-hetero) is 1. The minimum atomic E-state index is -5.58. The molecule has 102 valence electrons. The Morgan fingerprint density at radius 1 is 1.12 bits per heavy atom. The van der Waals surface area contributed by atoms with Crippen LogP contribution in [0.1, 0.15) is 20.3 Å². The van der Waals surface area contributed by atoms with Crippen molar-refractivity contribution in [1.29, 1.82) is 0 Å².